The standard InChI is InChI=1S/C20H22N2O4/c1-14(16-6-4-3-5-7-16)12-20(25)26-13-19(24)22-18-10-8-17(9-11-18)21-15(2)23/h3-11,14H,12-13H2,1-2H3,(H,21,23)(H,22,24)/t14-/m0/s1. The summed E-state index contributed by atoms with van der Waals surface area (Å²) in [6, 6.07) is 16.3. The van der Waals surface area contributed by atoms with Crippen molar-refractivity contribution < 1.29 is 19.1 Å². The number of anilines is 2. The normalized spacial score (nSPS) is 11.3. The number of ether oxygens (including phenoxy) is 1. The van der Waals surface area contributed by atoms with Gasteiger partial charge in [0.1, 0.15) is 0 Å². The van der Waals surface area contributed by atoms with Crippen LogP contribution in [0.15, 0.2) is 54.6 Å². The lowest BCUT2D eigenvalue weighted by Crippen LogP contribution is -2.21. The van der Waals surface area contributed by atoms with E-state index in [0.29, 0.717) is 11.4 Å². The third kappa shape index (κ3) is 6.39. The van der Waals surface area contributed by atoms with Gasteiger partial charge in [-0.1, -0.05) is 37.3 Å². The summed E-state index contributed by atoms with van der Waals surface area (Å²) in [5, 5.41) is 5.27. The molecule has 0 aromatic heterocycles. The summed E-state index contributed by atoms with van der Waals surface area (Å²) in [6.07, 6.45) is 0.211. The van der Waals surface area contributed by atoms with E-state index >= 15 is 0 Å². The fourth-order valence-corrected chi connectivity index (χ4v) is 2.39. The largest absolute Gasteiger partial charge is 0.456 e. The molecule has 0 fully saturated rings. The van der Waals surface area contributed by atoms with E-state index in [1.54, 1.807) is 24.3 Å². The minimum absolute atomic E-state index is 0.0214. The molecular weight excluding hydrogens is 332 g/mol. The first-order valence-electron chi connectivity index (χ1n) is 8.32. The fraction of sp³-hybridized carbons (Fsp3) is 0.250. The van der Waals surface area contributed by atoms with Crippen molar-refractivity contribution >= 4 is 29.2 Å². The summed E-state index contributed by atoms with van der Waals surface area (Å²) in [7, 11) is 0. The summed E-state index contributed by atoms with van der Waals surface area (Å²) in [6.45, 7) is 3.02. The highest BCUT2D eigenvalue weighted by Gasteiger charge is 2.13. The predicted molar refractivity (Wildman–Crippen MR) is 99.8 cm³/mol. The Balaban J connectivity index is 1.75. The number of carbonyl (C=O) groups excluding carboxylic acids is 3. The molecule has 2 rings (SSSR count). The van der Waals surface area contributed by atoms with Crippen LogP contribution in [0.25, 0.3) is 0 Å². The first-order chi connectivity index (χ1) is 12.4. The molecule has 0 bridgehead atoms. The van der Waals surface area contributed by atoms with Gasteiger partial charge in [0, 0.05) is 18.3 Å². The average molecular weight is 354 g/mol. The molecule has 2 aromatic carbocycles. The molecule has 0 aliphatic carbocycles. The van der Waals surface area contributed by atoms with Crippen LogP contribution >= 0.6 is 0 Å². The molecule has 0 unspecified atom stereocenters. The molecular formula is C20H22N2O4. The van der Waals surface area contributed by atoms with Gasteiger partial charge in [-0.3, -0.25) is 14.4 Å². The number of benzene rings is 2. The van der Waals surface area contributed by atoms with Crippen LogP contribution < -0.4 is 10.6 Å². The zero-order valence-electron chi connectivity index (χ0n) is 14.8. The Morgan fingerprint density at radius 3 is 2.08 bits per heavy atom. The van der Waals surface area contributed by atoms with Crippen LogP contribution in [0.1, 0.15) is 31.7 Å². The number of esters is 1. The maximum atomic E-state index is 11.9. The van der Waals surface area contributed by atoms with Crippen molar-refractivity contribution in [3.05, 3.63) is 60.2 Å². The van der Waals surface area contributed by atoms with Crippen LogP contribution in [0.4, 0.5) is 11.4 Å². The molecule has 2 N–H and O–H groups in total. The molecule has 6 heteroatoms. The van der Waals surface area contributed by atoms with Crippen molar-refractivity contribution in [2.24, 2.45) is 0 Å². The lowest BCUT2D eigenvalue weighted by Gasteiger charge is -2.11. The second-order valence-corrected chi connectivity index (χ2v) is 5.98. The van der Waals surface area contributed by atoms with E-state index in [9.17, 15) is 14.4 Å². The van der Waals surface area contributed by atoms with Crippen LogP contribution in [-0.4, -0.2) is 24.4 Å². The zero-order chi connectivity index (χ0) is 18.9. The van der Waals surface area contributed by atoms with Crippen molar-refractivity contribution in [2.45, 2.75) is 26.2 Å². The van der Waals surface area contributed by atoms with Crippen molar-refractivity contribution in [2.75, 3.05) is 17.2 Å². The van der Waals surface area contributed by atoms with E-state index in [1.165, 1.54) is 6.92 Å². The summed E-state index contributed by atoms with van der Waals surface area (Å²) in [5.41, 5.74) is 2.24. The molecule has 0 saturated heterocycles. The fourth-order valence-electron chi connectivity index (χ4n) is 2.39. The van der Waals surface area contributed by atoms with E-state index in [0.717, 1.165) is 5.56 Å². The van der Waals surface area contributed by atoms with E-state index in [1.807, 2.05) is 37.3 Å². The quantitative estimate of drug-likeness (QED) is 0.747. The van der Waals surface area contributed by atoms with Gasteiger partial charge in [0.25, 0.3) is 5.91 Å². The van der Waals surface area contributed by atoms with E-state index in [4.69, 9.17) is 4.74 Å². The van der Waals surface area contributed by atoms with Crippen molar-refractivity contribution in [3.8, 4) is 0 Å². The molecule has 2 aromatic rings. The number of amides is 2. The molecule has 2 amide bonds. The topological polar surface area (TPSA) is 84.5 Å². The molecule has 6 nitrogen and oxygen atoms in total. The van der Waals surface area contributed by atoms with Crippen LogP contribution in [0, 0.1) is 0 Å². The third-order valence-corrected chi connectivity index (χ3v) is 3.69. The Morgan fingerprint density at radius 2 is 1.50 bits per heavy atom. The van der Waals surface area contributed by atoms with Crippen LogP contribution in [0.5, 0.6) is 0 Å². The minimum Gasteiger partial charge on any atom is -0.456 e. The first kappa shape index (κ1) is 19.2. The number of carbonyl (C=O) groups is 3. The smallest absolute Gasteiger partial charge is 0.306 e. The molecule has 26 heavy (non-hydrogen) atoms. The summed E-state index contributed by atoms with van der Waals surface area (Å²) < 4.78 is 5.04. The maximum Gasteiger partial charge on any atom is 0.306 e. The van der Waals surface area contributed by atoms with Gasteiger partial charge in [-0.15, -0.1) is 0 Å². The molecule has 0 saturated carbocycles. The maximum absolute atomic E-state index is 11.9. The second-order valence-electron chi connectivity index (χ2n) is 5.98. The number of nitrogens with one attached hydrogen (secondary N) is 2. The Kier molecular flexibility index (Phi) is 6.91. The van der Waals surface area contributed by atoms with Crippen LogP contribution in [0.3, 0.4) is 0 Å². The van der Waals surface area contributed by atoms with Gasteiger partial charge in [-0.25, -0.2) is 0 Å². The molecule has 0 spiro atoms. The van der Waals surface area contributed by atoms with Crippen molar-refractivity contribution in [3.63, 3.8) is 0 Å². The zero-order valence-corrected chi connectivity index (χ0v) is 14.8. The molecule has 0 heterocycles. The monoisotopic (exact) mass is 354 g/mol. The molecule has 0 aliphatic heterocycles. The summed E-state index contributed by atoms with van der Waals surface area (Å²) in [4.78, 5) is 34.7. The minimum atomic E-state index is -0.419. The van der Waals surface area contributed by atoms with Crippen LogP contribution in [0.2, 0.25) is 0 Å². The van der Waals surface area contributed by atoms with E-state index < -0.39 is 11.9 Å². The van der Waals surface area contributed by atoms with E-state index in [2.05, 4.69) is 10.6 Å². The number of hydrogen-bond donors (Lipinski definition) is 2. The highest BCUT2D eigenvalue weighted by Crippen LogP contribution is 2.19. The Hall–Kier alpha value is -3.15. The molecule has 0 aliphatic rings. The average Bonchev–Trinajstić information content (AvgIpc) is 2.62. The van der Waals surface area contributed by atoms with Gasteiger partial charge in [-0.2, -0.15) is 0 Å². The van der Waals surface area contributed by atoms with Crippen molar-refractivity contribution in [1.82, 2.24) is 0 Å². The third-order valence-electron chi connectivity index (χ3n) is 3.69. The first-order valence-corrected chi connectivity index (χ1v) is 8.32. The lowest BCUT2D eigenvalue weighted by molar-refractivity contribution is -0.147. The second kappa shape index (κ2) is 9.36. The molecule has 136 valence electrons. The van der Waals surface area contributed by atoms with E-state index in [-0.39, 0.29) is 24.9 Å². The summed E-state index contributed by atoms with van der Waals surface area (Å²) in [5.74, 6) is -0.984. The Bertz CT molecular complexity index is 757. The predicted octanol–water partition coefficient (Wildman–Crippen LogP) is 3.32. The highest BCUT2D eigenvalue weighted by atomic mass is 16.5. The number of hydrogen-bond acceptors (Lipinski definition) is 4. The van der Waals surface area contributed by atoms with Gasteiger partial charge in [-0.05, 0) is 35.7 Å². The Morgan fingerprint density at radius 1 is 0.923 bits per heavy atom. The van der Waals surface area contributed by atoms with Gasteiger partial charge in [0.15, 0.2) is 6.61 Å². The lowest BCUT2D eigenvalue weighted by atomic mass is 9.98. The van der Waals surface area contributed by atoms with Gasteiger partial charge in [0.2, 0.25) is 5.91 Å². The van der Waals surface area contributed by atoms with Crippen LogP contribution in [-0.2, 0) is 19.1 Å². The molecule has 1 atom stereocenters. The summed E-state index contributed by atoms with van der Waals surface area (Å²) >= 11 is 0. The number of rotatable bonds is 7. The van der Waals surface area contributed by atoms with Gasteiger partial charge >= 0.3 is 5.97 Å². The van der Waals surface area contributed by atoms with Crippen molar-refractivity contribution in [1.29, 1.82) is 0 Å². The van der Waals surface area contributed by atoms with Gasteiger partial charge in [0.05, 0.1) is 6.42 Å². The molecule has 0 radical (unpaired) electrons. The SMILES string of the molecule is CC(=O)Nc1ccc(NC(=O)COC(=O)C[C@H](C)c2ccccc2)cc1. The Labute approximate surface area is 152 Å². The highest BCUT2D eigenvalue weighted by molar-refractivity contribution is 5.93. The van der Waals surface area contributed by atoms with Gasteiger partial charge < -0.3 is 15.4 Å².